The van der Waals surface area contributed by atoms with Gasteiger partial charge in [0.05, 0.1) is 26.7 Å². The van der Waals surface area contributed by atoms with Crippen molar-refractivity contribution >= 4 is 11.8 Å². The molecule has 1 N–H and O–H groups in total. The van der Waals surface area contributed by atoms with Gasteiger partial charge in [0.1, 0.15) is 0 Å². The van der Waals surface area contributed by atoms with Crippen molar-refractivity contribution in [2.45, 2.75) is 31.8 Å². The number of amides is 2. The second-order valence-electron chi connectivity index (χ2n) is 6.72. The number of carbonyl (C=O) groups is 2. The van der Waals surface area contributed by atoms with Gasteiger partial charge in [0.25, 0.3) is 0 Å². The van der Waals surface area contributed by atoms with E-state index in [1.165, 1.54) is 0 Å². The number of methoxy groups -OCH3 is 2. The van der Waals surface area contributed by atoms with E-state index in [-0.39, 0.29) is 18.2 Å². The SMILES string of the molecule is COc1cccc(CN2CCNC(=O)[C@@H]2CC(=O)N2CCCC2)c1OC. The maximum Gasteiger partial charge on any atom is 0.237 e. The molecule has 0 aliphatic carbocycles. The average molecular weight is 361 g/mol. The number of hydrogen-bond acceptors (Lipinski definition) is 5. The Balaban J connectivity index is 1.76. The minimum atomic E-state index is -0.451. The molecule has 1 aromatic rings. The van der Waals surface area contributed by atoms with E-state index in [0.717, 1.165) is 31.5 Å². The molecule has 26 heavy (non-hydrogen) atoms. The highest BCUT2D eigenvalue weighted by Gasteiger charge is 2.34. The summed E-state index contributed by atoms with van der Waals surface area (Å²) in [5.74, 6) is 1.32. The lowest BCUT2D eigenvalue weighted by Gasteiger charge is -2.35. The van der Waals surface area contributed by atoms with Gasteiger partial charge in [0.15, 0.2) is 11.5 Å². The van der Waals surface area contributed by atoms with Crippen molar-refractivity contribution in [2.75, 3.05) is 40.4 Å². The number of hydrogen-bond donors (Lipinski definition) is 1. The highest BCUT2D eigenvalue weighted by Crippen LogP contribution is 2.32. The van der Waals surface area contributed by atoms with Crippen molar-refractivity contribution in [3.63, 3.8) is 0 Å². The van der Waals surface area contributed by atoms with E-state index in [2.05, 4.69) is 10.2 Å². The number of ether oxygens (including phenoxy) is 2. The second-order valence-corrected chi connectivity index (χ2v) is 6.72. The Bertz CT molecular complexity index is 658. The molecule has 1 atom stereocenters. The zero-order valence-corrected chi connectivity index (χ0v) is 15.5. The first-order valence-electron chi connectivity index (χ1n) is 9.13. The summed E-state index contributed by atoms with van der Waals surface area (Å²) in [7, 11) is 3.21. The van der Waals surface area contributed by atoms with E-state index in [9.17, 15) is 9.59 Å². The molecule has 0 bridgehead atoms. The molecule has 0 spiro atoms. The summed E-state index contributed by atoms with van der Waals surface area (Å²) in [6.45, 7) is 3.42. The number of piperazine rings is 1. The lowest BCUT2D eigenvalue weighted by Crippen LogP contribution is -2.56. The smallest absolute Gasteiger partial charge is 0.237 e. The van der Waals surface area contributed by atoms with Gasteiger partial charge in [-0.2, -0.15) is 0 Å². The van der Waals surface area contributed by atoms with Crippen LogP contribution in [0.15, 0.2) is 18.2 Å². The molecule has 0 radical (unpaired) electrons. The Labute approximate surface area is 154 Å². The molecule has 142 valence electrons. The van der Waals surface area contributed by atoms with Gasteiger partial charge in [0.2, 0.25) is 11.8 Å². The van der Waals surface area contributed by atoms with Gasteiger partial charge >= 0.3 is 0 Å². The fourth-order valence-corrected chi connectivity index (χ4v) is 3.73. The molecule has 2 aliphatic rings. The molecule has 0 saturated carbocycles. The summed E-state index contributed by atoms with van der Waals surface area (Å²) >= 11 is 0. The zero-order chi connectivity index (χ0) is 18.5. The lowest BCUT2D eigenvalue weighted by atomic mass is 10.1. The Morgan fingerprint density at radius 2 is 1.96 bits per heavy atom. The molecule has 2 saturated heterocycles. The minimum absolute atomic E-state index is 0.0622. The molecule has 2 fully saturated rings. The van der Waals surface area contributed by atoms with Gasteiger partial charge < -0.3 is 19.7 Å². The molecule has 7 heteroatoms. The molecule has 1 aromatic carbocycles. The molecule has 2 aliphatic heterocycles. The summed E-state index contributed by atoms with van der Waals surface area (Å²) in [4.78, 5) is 28.9. The van der Waals surface area contributed by atoms with Crippen LogP contribution in [0, 0.1) is 0 Å². The number of nitrogens with zero attached hydrogens (tertiary/aromatic N) is 2. The summed E-state index contributed by atoms with van der Waals surface area (Å²) in [5, 5.41) is 2.89. The van der Waals surface area contributed by atoms with Crippen LogP contribution in [0.2, 0.25) is 0 Å². The van der Waals surface area contributed by atoms with Gasteiger partial charge in [0, 0.05) is 38.3 Å². The second kappa shape index (κ2) is 8.40. The largest absolute Gasteiger partial charge is 0.493 e. The van der Waals surface area contributed by atoms with Crippen molar-refractivity contribution < 1.29 is 19.1 Å². The predicted molar refractivity (Wildman–Crippen MR) is 97.2 cm³/mol. The number of rotatable bonds is 6. The van der Waals surface area contributed by atoms with Crippen molar-refractivity contribution in [2.24, 2.45) is 0 Å². The first-order chi connectivity index (χ1) is 12.6. The molecule has 3 rings (SSSR count). The third-order valence-corrected chi connectivity index (χ3v) is 5.13. The Hall–Kier alpha value is -2.28. The summed E-state index contributed by atoms with van der Waals surface area (Å²) in [5.41, 5.74) is 0.945. The average Bonchev–Trinajstić information content (AvgIpc) is 3.19. The number of carbonyl (C=O) groups excluding carboxylic acids is 2. The van der Waals surface area contributed by atoms with Crippen molar-refractivity contribution in [3.05, 3.63) is 23.8 Å². The number of benzene rings is 1. The van der Waals surface area contributed by atoms with E-state index >= 15 is 0 Å². The first-order valence-corrected chi connectivity index (χ1v) is 9.13. The molecular formula is C19H27N3O4. The zero-order valence-electron chi connectivity index (χ0n) is 15.5. The topological polar surface area (TPSA) is 71.1 Å². The van der Waals surface area contributed by atoms with E-state index < -0.39 is 6.04 Å². The monoisotopic (exact) mass is 361 g/mol. The van der Waals surface area contributed by atoms with Crippen LogP contribution in [-0.2, 0) is 16.1 Å². The van der Waals surface area contributed by atoms with Crippen LogP contribution in [-0.4, -0.2) is 68.1 Å². The standard InChI is InChI=1S/C19H27N3O4/c1-25-16-7-5-6-14(18(16)26-2)13-22-11-8-20-19(24)15(22)12-17(23)21-9-3-4-10-21/h5-7,15H,3-4,8-13H2,1-2H3,(H,20,24)/t15-/m0/s1. The van der Waals surface area contributed by atoms with Crippen LogP contribution in [0.25, 0.3) is 0 Å². The normalized spacial score (nSPS) is 20.8. The predicted octanol–water partition coefficient (Wildman–Crippen LogP) is 1.02. The number of para-hydroxylation sites is 1. The molecule has 0 aromatic heterocycles. The van der Waals surface area contributed by atoms with E-state index in [1.54, 1.807) is 14.2 Å². The maximum absolute atomic E-state index is 12.6. The van der Waals surface area contributed by atoms with Gasteiger partial charge in [-0.25, -0.2) is 0 Å². The Morgan fingerprint density at radius 3 is 2.65 bits per heavy atom. The number of likely N-dealkylation sites (tertiary alicyclic amines) is 1. The van der Waals surface area contributed by atoms with Crippen LogP contribution in [0.5, 0.6) is 11.5 Å². The quantitative estimate of drug-likeness (QED) is 0.819. The summed E-state index contributed by atoms with van der Waals surface area (Å²) < 4.78 is 10.9. The van der Waals surface area contributed by atoms with Crippen LogP contribution < -0.4 is 14.8 Å². The van der Waals surface area contributed by atoms with Gasteiger partial charge in [-0.1, -0.05) is 12.1 Å². The Morgan fingerprint density at radius 1 is 1.19 bits per heavy atom. The van der Waals surface area contributed by atoms with Crippen molar-refractivity contribution in [3.8, 4) is 11.5 Å². The van der Waals surface area contributed by atoms with Crippen molar-refractivity contribution in [1.82, 2.24) is 15.1 Å². The first kappa shape index (κ1) is 18.5. The fraction of sp³-hybridized carbons (Fsp3) is 0.579. The van der Waals surface area contributed by atoms with E-state index in [0.29, 0.717) is 31.1 Å². The summed E-state index contributed by atoms with van der Waals surface area (Å²) in [6.07, 6.45) is 2.32. The molecular weight excluding hydrogens is 334 g/mol. The molecule has 7 nitrogen and oxygen atoms in total. The number of nitrogens with one attached hydrogen (secondary N) is 1. The van der Waals surface area contributed by atoms with Crippen LogP contribution in [0.1, 0.15) is 24.8 Å². The third-order valence-electron chi connectivity index (χ3n) is 5.13. The van der Waals surface area contributed by atoms with Crippen LogP contribution >= 0.6 is 0 Å². The van der Waals surface area contributed by atoms with Crippen molar-refractivity contribution in [1.29, 1.82) is 0 Å². The maximum atomic E-state index is 12.6. The van der Waals surface area contributed by atoms with E-state index in [4.69, 9.17) is 9.47 Å². The Kier molecular flexibility index (Phi) is 5.98. The molecule has 0 unspecified atom stereocenters. The van der Waals surface area contributed by atoms with Crippen LogP contribution in [0.4, 0.5) is 0 Å². The van der Waals surface area contributed by atoms with Gasteiger partial charge in [-0.3, -0.25) is 14.5 Å². The molecule has 2 amide bonds. The lowest BCUT2D eigenvalue weighted by molar-refractivity contribution is -0.138. The van der Waals surface area contributed by atoms with Gasteiger partial charge in [-0.15, -0.1) is 0 Å². The minimum Gasteiger partial charge on any atom is -0.493 e. The van der Waals surface area contributed by atoms with Crippen LogP contribution in [0.3, 0.4) is 0 Å². The molecule has 2 heterocycles. The highest BCUT2D eigenvalue weighted by atomic mass is 16.5. The van der Waals surface area contributed by atoms with E-state index in [1.807, 2.05) is 23.1 Å². The third kappa shape index (κ3) is 3.93. The fourth-order valence-electron chi connectivity index (χ4n) is 3.73. The summed E-state index contributed by atoms with van der Waals surface area (Å²) in [6, 6.07) is 5.27. The van der Waals surface area contributed by atoms with Gasteiger partial charge in [-0.05, 0) is 18.9 Å². The highest BCUT2D eigenvalue weighted by molar-refractivity contribution is 5.89.